The Labute approximate surface area is 226 Å². The smallest absolute Gasteiger partial charge is 0.341 e. The fourth-order valence-corrected chi connectivity index (χ4v) is 4.56. The lowest BCUT2D eigenvalue weighted by molar-refractivity contribution is 0.0577. The van der Waals surface area contributed by atoms with E-state index < -0.39 is 5.97 Å². The minimum atomic E-state index is -0.560. The first-order chi connectivity index (χ1) is 18.8. The number of ether oxygens (including phenoxy) is 3. The molecule has 0 spiro atoms. The van der Waals surface area contributed by atoms with Crippen molar-refractivity contribution in [1.82, 2.24) is 4.90 Å². The summed E-state index contributed by atoms with van der Waals surface area (Å²) in [4.78, 5) is 53.4. The number of esters is 1. The summed E-state index contributed by atoms with van der Waals surface area (Å²) in [5, 5.41) is 0. The molecule has 9 nitrogen and oxygen atoms in total. The van der Waals surface area contributed by atoms with Gasteiger partial charge in [0.2, 0.25) is 0 Å². The third-order valence-electron chi connectivity index (χ3n) is 6.68. The molecule has 0 aromatic heterocycles. The van der Waals surface area contributed by atoms with Crippen molar-refractivity contribution >= 4 is 29.4 Å². The highest BCUT2D eigenvalue weighted by molar-refractivity contribution is 6.21. The zero-order chi connectivity index (χ0) is 28.1. The minimum absolute atomic E-state index is 0.221. The number of benzene rings is 3. The maximum Gasteiger partial charge on any atom is 0.341 e. The van der Waals surface area contributed by atoms with Crippen LogP contribution >= 0.6 is 0 Å². The number of nitrogens with zero attached hydrogens (tertiary/aromatic N) is 2. The Morgan fingerprint density at radius 3 is 2.18 bits per heavy atom. The summed E-state index contributed by atoms with van der Waals surface area (Å²) in [5.41, 5.74) is 1.98. The number of carbonyl (C=O) groups is 4. The fourth-order valence-electron chi connectivity index (χ4n) is 4.56. The number of fused-ring (bicyclic) bond motifs is 1. The van der Waals surface area contributed by atoms with Gasteiger partial charge in [-0.2, -0.15) is 0 Å². The van der Waals surface area contributed by atoms with Gasteiger partial charge in [0.05, 0.1) is 37.6 Å². The van der Waals surface area contributed by atoms with E-state index in [1.165, 1.54) is 42.2 Å². The summed E-state index contributed by atoms with van der Waals surface area (Å²) >= 11 is 0. The van der Waals surface area contributed by atoms with E-state index >= 15 is 0 Å². The van der Waals surface area contributed by atoms with Crippen molar-refractivity contribution in [2.75, 3.05) is 32.8 Å². The van der Waals surface area contributed by atoms with Gasteiger partial charge >= 0.3 is 5.97 Å². The van der Waals surface area contributed by atoms with Crippen LogP contribution in [0.4, 0.5) is 5.69 Å². The summed E-state index contributed by atoms with van der Waals surface area (Å²) in [6.07, 6.45) is 1.15. The Morgan fingerprint density at radius 1 is 0.897 bits per heavy atom. The van der Waals surface area contributed by atoms with E-state index in [2.05, 4.69) is 0 Å². The van der Waals surface area contributed by atoms with Crippen LogP contribution in [0.5, 0.6) is 11.5 Å². The first-order valence-electron chi connectivity index (χ1n) is 12.5. The highest BCUT2D eigenvalue weighted by Crippen LogP contribution is 2.30. The van der Waals surface area contributed by atoms with Crippen molar-refractivity contribution in [3.8, 4) is 11.5 Å². The van der Waals surface area contributed by atoms with Crippen molar-refractivity contribution in [1.29, 1.82) is 0 Å². The fraction of sp³-hybridized carbons (Fsp3) is 0.267. The molecular weight excluding hydrogens is 500 g/mol. The minimum Gasteiger partial charge on any atom is -0.496 e. The van der Waals surface area contributed by atoms with Crippen molar-refractivity contribution in [3.05, 3.63) is 89.0 Å². The van der Waals surface area contributed by atoms with E-state index in [0.29, 0.717) is 47.6 Å². The third kappa shape index (κ3) is 5.47. The van der Waals surface area contributed by atoms with Crippen LogP contribution in [0.15, 0.2) is 66.7 Å². The Morgan fingerprint density at radius 2 is 1.54 bits per heavy atom. The first-order valence-corrected chi connectivity index (χ1v) is 12.5. The zero-order valence-electron chi connectivity index (χ0n) is 22.3. The number of anilines is 1. The molecule has 1 atom stereocenters. The molecule has 1 aliphatic rings. The molecule has 9 heteroatoms. The second-order valence-electron chi connectivity index (χ2n) is 9.10. The lowest BCUT2D eigenvalue weighted by atomic mass is 10.1. The predicted octanol–water partition coefficient (Wildman–Crippen LogP) is 4.60. The summed E-state index contributed by atoms with van der Waals surface area (Å²) < 4.78 is 16.1. The van der Waals surface area contributed by atoms with E-state index in [9.17, 15) is 19.2 Å². The number of hydrogen-bond acceptors (Lipinski definition) is 7. The Balaban J connectivity index is 1.39. The van der Waals surface area contributed by atoms with Gasteiger partial charge in [-0.25, -0.2) is 4.79 Å². The zero-order valence-corrected chi connectivity index (χ0v) is 22.3. The van der Waals surface area contributed by atoms with Gasteiger partial charge in [-0.3, -0.25) is 19.3 Å². The number of methoxy groups -OCH3 is 2. The monoisotopic (exact) mass is 530 g/mol. The molecule has 1 aliphatic heterocycles. The largest absolute Gasteiger partial charge is 0.496 e. The summed E-state index contributed by atoms with van der Waals surface area (Å²) in [6.45, 7) is 2.18. The highest BCUT2D eigenvalue weighted by atomic mass is 16.5. The molecule has 0 saturated heterocycles. The molecule has 3 amide bonds. The maximum absolute atomic E-state index is 13.3. The molecule has 0 fully saturated rings. The first kappa shape index (κ1) is 27.4. The van der Waals surface area contributed by atoms with Gasteiger partial charge in [-0.05, 0) is 62.2 Å². The molecule has 202 valence electrons. The SMILES string of the molecule is COC(=O)c1ccc(C(=O)N(C)c2ccccc2OCCCC(C)N2C(=O)c3ccccc3C2=O)cc1OC. The third-order valence-corrected chi connectivity index (χ3v) is 6.68. The molecule has 1 unspecified atom stereocenters. The lowest BCUT2D eigenvalue weighted by Gasteiger charge is -2.23. The van der Waals surface area contributed by atoms with Crippen LogP contribution in [0.25, 0.3) is 0 Å². The lowest BCUT2D eigenvalue weighted by Crippen LogP contribution is -2.38. The number of imide groups is 1. The van der Waals surface area contributed by atoms with Gasteiger partial charge in [0, 0.05) is 18.7 Å². The maximum atomic E-state index is 13.3. The number of para-hydroxylation sites is 2. The Kier molecular flexibility index (Phi) is 8.29. The summed E-state index contributed by atoms with van der Waals surface area (Å²) in [7, 11) is 4.32. The molecule has 1 heterocycles. The summed E-state index contributed by atoms with van der Waals surface area (Å²) in [6, 6.07) is 18.2. The van der Waals surface area contributed by atoms with Crippen LogP contribution in [0.3, 0.4) is 0 Å². The molecule has 4 rings (SSSR count). The van der Waals surface area contributed by atoms with Gasteiger partial charge in [0.15, 0.2) is 0 Å². The standard InChI is InChI=1S/C30H30N2O7/c1-19(32-28(34)21-11-5-6-12-22(21)29(32)35)10-9-17-39-25-14-8-7-13-24(25)31(2)27(33)20-15-16-23(30(36)38-4)26(18-20)37-3/h5-8,11-16,18-19H,9-10,17H2,1-4H3. The van der Waals surface area contributed by atoms with Gasteiger partial charge in [0.1, 0.15) is 17.1 Å². The molecule has 0 N–H and O–H groups in total. The second kappa shape index (κ2) is 11.8. The molecule has 0 saturated carbocycles. The van der Waals surface area contributed by atoms with Crippen LogP contribution in [0.2, 0.25) is 0 Å². The van der Waals surface area contributed by atoms with E-state index in [1.807, 2.05) is 13.0 Å². The van der Waals surface area contributed by atoms with Crippen molar-refractivity contribution in [2.45, 2.75) is 25.8 Å². The average molecular weight is 531 g/mol. The van der Waals surface area contributed by atoms with Crippen LogP contribution < -0.4 is 14.4 Å². The number of rotatable bonds is 10. The molecule has 39 heavy (non-hydrogen) atoms. The number of amides is 3. The van der Waals surface area contributed by atoms with Crippen molar-refractivity contribution in [3.63, 3.8) is 0 Å². The Hall–Kier alpha value is -4.66. The molecule has 0 aliphatic carbocycles. The van der Waals surface area contributed by atoms with Crippen LogP contribution in [0, 0.1) is 0 Å². The number of hydrogen-bond donors (Lipinski definition) is 0. The van der Waals surface area contributed by atoms with Gasteiger partial charge in [-0.15, -0.1) is 0 Å². The molecular formula is C30H30N2O7. The van der Waals surface area contributed by atoms with Gasteiger partial charge < -0.3 is 19.1 Å². The second-order valence-corrected chi connectivity index (χ2v) is 9.10. The van der Waals surface area contributed by atoms with Crippen molar-refractivity contribution < 1.29 is 33.4 Å². The van der Waals surface area contributed by atoms with Gasteiger partial charge in [-0.1, -0.05) is 24.3 Å². The predicted molar refractivity (Wildman–Crippen MR) is 145 cm³/mol. The van der Waals surface area contributed by atoms with Gasteiger partial charge in [0.25, 0.3) is 17.7 Å². The van der Waals surface area contributed by atoms with E-state index in [0.717, 1.165) is 0 Å². The summed E-state index contributed by atoms with van der Waals surface area (Å²) in [5.74, 6) is -0.676. The van der Waals surface area contributed by atoms with Crippen LogP contribution in [-0.2, 0) is 4.74 Å². The average Bonchev–Trinajstić information content (AvgIpc) is 3.23. The van der Waals surface area contributed by atoms with E-state index in [4.69, 9.17) is 14.2 Å². The topological polar surface area (TPSA) is 102 Å². The Bertz CT molecular complexity index is 1380. The van der Waals surface area contributed by atoms with Crippen LogP contribution in [-0.4, -0.2) is 62.5 Å². The van der Waals surface area contributed by atoms with Crippen molar-refractivity contribution in [2.24, 2.45) is 0 Å². The molecule has 3 aromatic carbocycles. The van der Waals surface area contributed by atoms with E-state index in [1.54, 1.807) is 49.5 Å². The van der Waals surface area contributed by atoms with E-state index in [-0.39, 0.29) is 35.1 Å². The quantitative estimate of drug-likeness (QED) is 0.214. The molecule has 0 bridgehead atoms. The highest BCUT2D eigenvalue weighted by Gasteiger charge is 2.37. The van der Waals surface area contributed by atoms with Crippen LogP contribution in [0.1, 0.15) is 61.2 Å². The normalized spacial score (nSPS) is 13.1. The molecule has 3 aromatic rings. The molecule has 0 radical (unpaired) electrons. The number of carbonyl (C=O) groups excluding carboxylic acids is 4.